The maximum atomic E-state index is 9.49. The Morgan fingerprint density at radius 2 is 2.11 bits per heavy atom. The second kappa shape index (κ2) is 6.45. The Balaban J connectivity index is 2.01. The third-order valence-corrected chi connectivity index (χ3v) is 4.19. The van der Waals surface area contributed by atoms with Gasteiger partial charge >= 0.3 is 0 Å². The summed E-state index contributed by atoms with van der Waals surface area (Å²) >= 11 is 1.70. The van der Waals surface area contributed by atoms with Crippen molar-refractivity contribution in [3.8, 4) is 5.75 Å². The van der Waals surface area contributed by atoms with Crippen LogP contribution in [-0.2, 0) is 6.54 Å². The Morgan fingerprint density at radius 3 is 2.72 bits per heavy atom. The number of nitrogens with zero attached hydrogens (tertiary/aromatic N) is 1. The number of aliphatic hydroxyl groups excluding tert-OH is 1. The van der Waals surface area contributed by atoms with E-state index in [9.17, 15) is 5.11 Å². The average Bonchev–Trinajstić information content (AvgIpc) is 2.41. The highest BCUT2D eigenvalue weighted by molar-refractivity contribution is 7.98. The summed E-state index contributed by atoms with van der Waals surface area (Å²) in [4.78, 5) is 3.57. The molecule has 1 aromatic rings. The van der Waals surface area contributed by atoms with Crippen LogP contribution in [0.5, 0.6) is 5.75 Å². The lowest BCUT2D eigenvalue weighted by Gasteiger charge is -2.29. The molecule has 0 radical (unpaired) electrons. The molecule has 0 atom stereocenters. The SMILES string of the molecule is COc1cc(CN2CCC(O)CC2)ccc1SC. The summed E-state index contributed by atoms with van der Waals surface area (Å²) in [7, 11) is 1.72. The molecule has 0 unspecified atom stereocenters. The van der Waals surface area contributed by atoms with Gasteiger partial charge in [-0.15, -0.1) is 11.8 Å². The number of hydrogen-bond acceptors (Lipinski definition) is 4. The minimum atomic E-state index is -0.102. The summed E-state index contributed by atoms with van der Waals surface area (Å²) in [6.07, 6.45) is 3.73. The first-order chi connectivity index (χ1) is 8.72. The van der Waals surface area contributed by atoms with E-state index in [1.807, 2.05) is 0 Å². The van der Waals surface area contributed by atoms with Crippen LogP contribution in [0.15, 0.2) is 23.1 Å². The van der Waals surface area contributed by atoms with Crippen LogP contribution in [0.1, 0.15) is 18.4 Å². The van der Waals surface area contributed by atoms with Crippen molar-refractivity contribution in [3.63, 3.8) is 0 Å². The maximum Gasteiger partial charge on any atom is 0.132 e. The minimum Gasteiger partial charge on any atom is -0.496 e. The van der Waals surface area contributed by atoms with E-state index in [0.29, 0.717) is 0 Å². The van der Waals surface area contributed by atoms with Crippen molar-refractivity contribution in [1.29, 1.82) is 0 Å². The Labute approximate surface area is 113 Å². The zero-order valence-corrected chi connectivity index (χ0v) is 11.9. The van der Waals surface area contributed by atoms with Crippen molar-refractivity contribution in [3.05, 3.63) is 23.8 Å². The van der Waals surface area contributed by atoms with Crippen LogP contribution in [0.3, 0.4) is 0 Å². The average molecular weight is 267 g/mol. The number of methoxy groups -OCH3 is 1. The van der Waals surface area contributed by atoms with Gasteiger partial charge < -0.3 is 9.84 Å². The topological polar surface area (TPSA) is 32.7 Å². The molecule has 1 aromatic carbocycles. The Kier molecular flexibility index (Phi) is 4.92. The largest absolute Gasteiger partial charge is 0.496 e. The first-order valence-corrected chi connectivity index (χ1v) is 7.56. The van der Waals surface area contributed by atoms with Crippen molar-refractivity contribution >= 4 is 11.8 Å². The van der Waals surface area contributed by atoms with Gasteiger partial charge in [0, 0.05) is 24.5 Å². The molecule has 1 saturated heterocycles. The highest BCUT2D eigenvalue weighted by atomic mass is 32.2. The second-order valence-electron chi connectivity index (χ2n) is 4.70. The predicted octanol–water partition coefficient (Wildman–Crippen LogP) is 2.37. The summed E-state index contributed by atoms with van der Waals surface area (Å²) < 4.78 is 5.40. The van der Waals surface area contributed by atoms with Crippen molar-refractivity contribution in [2.24, 2.45) is 0 Å². The van der Waals surface area contributed by atoms with Gasteiger partial charge in [-0.3, -0.25) is 4.90 Å². The third kappa shape index (κ3) is 3.40. The number of hydrogen-bond donors (Lipinski definition) is 1. The standard InChI is InChI=1S/C14H21NO2S/c1-17-13-9-11(3-4-14(13)18-2)10-15-7-5-12(16)6-8-15/h3-4,9,12,16H,5-8,10H2,1-2H3. The van der Waals surface area contributed by atoms with Crippen LogP contribution in [0.4, 0.5) is 0 Å². The number of likely N-dealkylation sites (tertiary alicyclic amines) is 1. The fourth-order valence-corrected chi connectivity index (χ4v) is 2.86. The highest BCUT2D eigenvalue weighted by Crippen LogP contribution is 2.29. The van der Waals surface area contributed by atoms with Gasteiger partial charge in [0.25, 0.3) is 0 Å². The smallest absolute Gasteiger partial charge is 0.132 e. The summed E-state index contributed by atoms with van der Waals surface area (Å²) in [5.74, 6) is 0.956. The molecule has 4 heteroatoms. The van der Waals surface area contributed by atoms with E-state index in [0.717, 1.165) is 38.2 Å². The molecule has 3 nitrogen and oxygen atoms in total. The van der Waals surface area contributed by atoms with Gasteiger partial charge in [-0.05, 0) is 36.8 Å². The molecule has 1 heterocycles. The third-order valence-electron chi connectivity index (χ3n) is 3.41. The zero-order chi connectivity index (χ0) is 13.0. The zero-order valence-electron chi connectivity index (χ0n) is 11.1. The van der Waals surface area contributed by atoms with E-state index in [1.165, 1.54) is 10.5 Å². The van der Waals surface area contributed by atoms with Gasteiger partial charge in [-0.2, -0.15) is 0 Å². The van der Waals surface area contributed by atoms with Crippen molar-refractivity contribution in [1.82, 2.24) is 4.90 Å². The van der Waals surface area contributed by atoms with Crippen molar-refractivity contribution in [2.45, 2.75) is 30.4 Å². The number of ether oxygens (including phenoxy) is 1. The summed E-state index contributed by atoms with van der Waals surface area (Å²) in [5.41, 5.74) is 1.28. The van der Waals surface area contributed by atoms with Gasteiger partial charge in [0.15, 0.2) is 0 Å². The number of thioether (sulfide) groups is 1. The molecule has 100 valence electrons. The Bertz CT molecular complexity index is 389. The fraction of sp³-hybridized carbons (Fsp3) is 0.571. The number of piperidine rings is 1. The van der Waals surface area contributed by atoms with Gasteiger partial charge in [-0.25, -0.2) is 0 Å². The monoisotopic (exact) mass is 267 g/mol. The van der Waals surface area contributed by atoms with Crippen LogP contribution >= 0.6 is 11.8 Å². The molecule has 0 amide bonds. The van der Waals surface area contributed by atoms with Crippen LogP contribution in [0, 0.1) is 0 Å². The normalized spacial score (nSPS) is 17.9. The van der Waals surface area contributed by atoms with Gasteiger partial charge in [0.05, 0.1) is 13.2 Å². The first kappa shape index (κ1) is 13.7. The molecular formula is C14H21NO2S. The van der Waals surface area contributed by atoms with Gasteiger partial charge in [-0.1, -0.05) is 6.07 Å². The van der Waals surface area contributed by atoms with Crippen molar-refractivity contribution in [2.75, 3.05) is 26.5 Å². The maximum absolute atomic E-state index is 9.49. The molecule has 0 aromatic heterocycles. The van der Waals surface area contributed by atoms with E-state index in [-0.39, 0.29) is 6.10 Å². The van der Waals surface area contributed by atoms with Crippen LogP contribution in [0.2, 0.25) is 0 Å². The van der Waals surface area contributed by atoms with E-state index in [4.69, 9.17) is 4.74 Å². The number of benzene rings is 1. The summed E-state index contributed by atoms with van der Waals surface area (Å²) in [6, 6.07) is 6.41. The van der Waals surface area contributed by atoms with E-state index >= 15 is 0 Å². The molecular weight excluding hydrogens is 246 g/mol. The lowest BCUT2D eigenvalue weighted by Crippen LogP contribution is -2.35. The lowest BCUT2D eigenvalue weighted by molar-refractivity contribution is 0.0792. The minimum absolute atomic E-state index is 0.102. The molecule has 2 rings (SSSR count). The van der Waals surface area contributed by atoms with Crippen LogP contribution < -0.4 is 4.74 Å². The quantitative estimate of drug-likeness (QED) is 0.849. The first-order valence-electron chi connectivity index (χ1n) is 6.34. The summed E-state index contributed by atoms with van der Waals surface area (Å²) in [5, 5.41) is 9.49. The molecule has 18 heavy (non-hydrogen) atoms. The molecule has 1 aliphatic rings. The Morgan fingerprint density at radius 1 is 1.39 bits per heavy atom. The van der Waals surface area contributed by atoms with Gasteiger partial charge in [0.2, 0.25) is 0 Å². The Hall–Kier alpha value is -0.710. The molecule has 1 aliphatic heterocycles. The molecule has 1 N–H and O–H groups in total. The molecule has 0 aliphatic carbocycles. The van der Waals surface area contributed by atoms with Crippen LogP contribution in [-0.4, -0.2) is 42.6 Å². The van der Waals surface area contributed by atoms with Crippen LogP contribution in [0.25, 0.3) is 0 Å². The summed E-state index contributed by atoms with van der Waals surface area (Å²) in [6.45, 7) is 2.90. The number of aliphatic hydroxyl groups is 1. The fourth-order valence-electron chi connectivity index (χ4n) is 2.31. The molecule has 1 fully saturated rings. The van der Waals surface area contributed by atoms with E-state index in [2.05, 4.69) is 29.4 Å². The second-order valence-corrected chi connectivity index (χ2v) is 5.54. The number of rotatable bonds is 4. The molecule has 0 saturated carbocycles. The van der Waals surface area contributed by atoms with Crippen molar-refractivity contribution < 1.29 is 9.84 Å². The molecule has 0 bridgehead atoms. The lowest BCUT2D eigenvalue weighted by atomic mass is 10.1. The van der Waals surface area contributed by atoms with Gasteiger partial charge in [0.1, 0.15) is 5.75 Å². The van der Waals surface area contributed by atoms with E-state index in [1.54, 1.807) is 18.9 Å². The molecule has 0 spiro atoms. The predicted molar refractivity (Wildman–Crippen MR) is 75.3 cm³/mol. The van der Waals surface area contributed by atoms with E-state index < -0.39 is 0 Å². The highest BCUT2D eigenvalue weighted by Gasteiger charge is 2.17.